The summed E-state index contributed by atoms with van der Waals surface area (Å²) in [6.45, 7) is 1.94. The molecular formula is C13H12FN5O2. The smallest absolute Gasteiger partial charge is 0.343 e. The van der Waals surface area contributed by atoms with Gasteiger partial charge in [0, 0.05) is 12.4 Å². The summed E-state index contributed by atoms with van der Waals surface area (Å²) in [5.41, 5.74) is 6.25. The number of anilines is 1. The first kappa shape index (κ1) is 13.1. The molecule has 3 rings (SSSR count). The molecule has 3 aromatic heterocycles. The van der Waals surface area contributed by atoms with Gasteiger partial charge in [-0.1, -0.05) is 0 Å². The van der Waals surface area contributed by atoms with Crippen LogP contribution in [-0.2, 0) is 4.74 Å². The lowest BCUT2D eigenvalue weighted by atomic mass is 10.3. The molecule has 108 valence electrons. The SMILES string of the molecule is CCOC(=O)c1cnn(-c2ccc(F)c3nccn23)c1N. The Morgan fingerprint density at radius 3 is 3.05 bits per heavy atom. The Kier molecular flexibility index (Phi) is 3.05. The van der Waals surface area contributed by atoms with Gasteiger partial charge in [-0.25, -0.2) is 18.9 Å². The molecule has 0 radical (unpaired) electrons. The predicted molar refractivity (Wildman–Crippen MR) is 72.6 cm³/mol. The second kappa shape index (κ2) is 4.89. The fourth-order valence-electron chi connectivity index (χ4n) is 2.05. The molecule has 8 heteroatoms. The van der Waals surface area contributed by atoms with Crippen LogP contribution >= 0.6 is 0 Å². The van der Waals surface area contributed by atoms with Crippen LogP contribution in [0.15, 0.2) is 30.7 Å². The van der Waals surface area contributed by atoms with Gasteiger partial charge in [0.1, 0.15) is 17.2 Å². The molecule has 0 spiro atoms. The van der Waals surface area contributed by atoms with E-state index in [0.29, 0.717) is 5.82 Å². The van der Waals surface area contributed by atoms with Crippen molar-refractivity contribution < 1.29 is 13.9 Å². The maximum Gasteiger partial charge on any atom is 0.343 e. The average Bonchev–Trinajstić information content (AvgIpc) is 3.07. The van der Waals surface area contributed by atoms with Gasteiger partial charge in [0.25, 0.3) is 0 Å². The van der Waals surface area contributed by atoms with Gasteiger partial charge in [0.15, 0.2) is 11.5 Å². The van der Waals surface area contributed by atoms with Gasteiger partial charge in [-0.15, -0.1) is 0 Å². The van der Waals surface area contributed by atoms with Crippen molar-refractivity contribution in [2.75, 3.05) is 12.3 Å². The Morgan fingerprint density at radius 1 is 1.48 bits per heavy atom. The molecule has 3 heterocycles. The maximum absolute atomic E-state index is 13.6. The minimum atomic E-state index is -0.551. The molecule has 2 N–H and O–H groups in total. The lowest BCUT2D eigenvalue weighted by molar-refractivity contribution is 0.0527. The highest BCUT2D eigenvalue weighted by molar-refractivity contribution is 5.94. The second-order valence-electron chi connectivity index (χ2n) is 4.24. The summed E-state index contributed by atoms with van der Waals surface area (Å²) >= 11 is 0. The number of pyridine rings is 1. The number of nitrogen functional groups attached to an aromatic ring is 1. The highest BCUT2D eigenvalue weighted by Crippen LogP contribution is 2.20. The van der Waals surface area contributed by atoms with Crippen molar-refractivity contribution in [2.24, 2.45) is 0 Å². The van der Waals surface area contributed by atoms with Gasteiger partial charge in [0.05, 0.1) is 12.8 Å². The van der Waals surface area contributed by atoms with E-state index in [0.717, 1.165) is 0 Å². The number of imidazole rings is 1. The zero-order valence-electron chi connectivity index (χ0n) is 11.2. The Labute approximate surface area is 118 Å². The summed E-state index contributed by atoms with van der Waals surface area (Å²) in [5, 5.41) is 4.07. The van der Waals surface area contributed by atoms with Gasteiger partial charge in [-0.05, 0) is 19.1 Å². The van der Waals surface area contributed by atoms with Crippen LogP contribution in [0, 0.1) is 5.82 Å². The molecule has 0 fully saturated rings. The maximum atomic E-state index is 13.6. The minimum absolute atomic E-state index is 0.120. The van der Waals surface area contributed by atoms with Gasteiger partial charge < -0.3 is 10.5 Å². The van der Waals surface area contributed by atoms with Crippen molar-refractivity contribution in [1.29, 1.82) is 0 Å². The van der Waals surface area contributed by atoms with Crippen LogP contribution in [0.3, 0.4) is 0 Å². The monoisotopic (exact) mass is 289 g/mol. The number of halogens is 1. The van der Waals surface area contributed by atoms with E-state index < -0.39 is 11.8 Å². The quantitative estimate of drug-likeness (QED) is 0.737. The van der Waals surface area contributed by atoms with Crippen LogP contribution in [0.4, 0.5) is 10.2 Å². The topological polar surface area (TPSA) is 87.4 Å². The third-order valence-corrected chi connectivity index (χ3v) is 3.00. The molecule has 0 amide bonds. The van der Waals surface area contributed by atoms with Crippen LogP contribution < -0.4 is 5.73 Å². The molecule has 0 atom stereocenters. The minimum Gasteiger partial charge on any atom is -0.462 e. The molecule has 3 aromatic rings. The van der Waals surface area contributed by atoms with Gasteiger partial charge in [0.2, 0.25) is 0 Å². The second-order valence-corrected chi connectivity index (χ2v) is 4.24. The number of nitrogens with zero attached hydrogens (tertiary/aromatic N) is 4. The van der Waals surface area contributed by atoms with Crippen LogP contribution in [0.2, 0.25) is 0 Å². The predicted octanol–water partition coefficient (Wildman–Crippen LogP) is 1.42. The Morgan fingerprint density at radius 2 is 2.29 bits per heavy atom. The molecule has 0 aliphatic heterocycles. The van der Waals surface area contributed by atoms with Crippen molar-refractivity contribution in [2.45, 2.75) is 6.92 Å². The summed E-state index contributed by atoms with van der Waals surface area (Å²) in [6, 6.07) is 2.77. The van der Waals surface area contributed by atoms with Crippen LogP contribution in [0.25, 0.3) is 11.5 Å². The summed E-state index contributed by atoms with van der Waals surface area (Å²) in [5.74, 6) is -0.419. The number of ether oxygens (including phenoxy) is 1. The normalized spacial score (nSPS) is 11.0. The van der Waals surface area contributed by atoms with Gasteiger partial charge in [-0.2, -0.15) is 5.10 Å². The molecule has 0 aliphatic carbocycles. The third-order valence-electron chi connectivity index (χ3n) is 3.00. The molecule has 0 aliphatic rings. The first-order valence-electron chi connectivity index (χ1n) is 6.26. The first-order chi connectivity index (χ1) is 10.1. The molecule has 0 unspecified atom stereocenters. The standard InChI is InChI=1S/C13H12FN5O2/c1-2-21-13(20)8-7-17-19(11(8)15)10-4-3-9(14)12-16-5-6-18(10)12/h3-7H,2,15H2,1H3. The largest absolute Gasteiger partial charge is 0.462 e. The zero-order chi connectivity index (χ0) is 15.0. The van der Waals surface area contributed by atoms with Crippen molar-refractivity contribution in [3.63, 3.8) is 0 Å². The molecule has 0 aromatic carbocycles. The van der Waals surface area contributed by atoms with E-state index in [9.17, 15) is 9.18 Å². The molecular weight excluding hydrogens is 277 g/mol. The van der Waals surface area contributed by atoms with Crippen molar-refractivity contribution in [3.05, 3.63) is 42.1 Å². The number of fused-ring (bicyclic) bond motifs is 1. The number of hydrogen-bond acceptors (Lipinski definition) is 5. The lowest BCUT2D eigenvalue weighted by Crippen LogP contribution is -2.11. The Balaban J connectivity index is 2.14. The number of esters is 1. The van der Waals surface area contributed by atoms with Gasteiger partial charge in [-0.3, -0.25) is 4.40 Å². The highest BCUT2D eigenvalue weighted by Gasteiger charge is 2.18. The molecule has 0 bridgehead atoms. The highest BCUT2D eigenvalue weighted by atomic mass is 19.1. The summed E-state index contributed by atoms with van der Waals surface area (Å²) < 4.78 is 21.4. The van der Waals surface area contributed by atoms with E-state index in [-0.39, 0.29) is 23.6 Å². The summed E-state index contributed by atoms with van der Waals surface area (Å²) in [4.78, 5) is 15.7. The molecule has 7 nitrogen and oxygen atoms in total. The average molecular weight is 289 g/mol. The number of carbonyl (C=O) groups excluding carboxylic acids is 1. The van der Waals surface area contributed by atoms with Gasteiger partial charge >= 0.3 is 5.97 Å². The molecule has 21 heavy (non-hydrogen) atoms. The zero-order valence-corrected chi connectivity index (χ0v) is 11.2. The van der Waals surface area contributed by atoms with Crippen molar-refractivity contribution >= 4 is 17.4 Å². The van der Waals surface area contributed by atoms with Crippen molar-refractivity contribution in [1.82, 2.24) is 19.2 Å². The van der Waals surface area contributed by atoms with Crippen molar-refractivity contribution in [3.8, 4) is 5.82 Å². The van der Waals surface area contributed by atoms with Crippen LogP contribution in [0.1, 0.15) is 17.3 Å². The fourth-order valence-corrected chi connectivity index (χ4v) is 2.05. The number of rotatable bonds is 3. The Hall–Kier alpha value is -2.90. The van der Waals surface area contributed by atoms with E-state index in [1.807, 2.05) is 0 Å². The van der Waals surface area contributed by atoms with Crippen LogP contribution in [0.5, 0.6) is 0 Å². The van der Waals surface area contributed by atoms with E-state index >= 15 is 0 Å². The Bertz CT molecular complexity index is 823. The fraction of sp³-hybridized carbons (Fsp3) is 0.154. The summed E-state index contributed by atoms with van der Waals surface area (Å²) in [6.07, 6.45) is 4.37. The number of carbonyl (C=O) groups is 1. The van der Waals surface area contributed by atoms with E-state index in [1.165, 1.54) is 33.6 Å². The van der Waals surface area contributed by atoms with E-state index in [2.05, 4.69) is 10.1 Å². The summed E-state index contributed by atoms with van der Waals surface area (Å²) in [7, 11) is 0. The van der Waals surface area contributed by atoms with E-state index in [4.69, 9.17) is 10.5 Å². The first-order valence-corrected chi connectivity index (χ1v) is 6.26. The van der Waals surface area contributed by atoms with E-state index in [1.54, 1.807) is 13.1 Å². The number of hydrogen-bond donors (Lipinski definition) is 1. The lowest BCUT2D eigenvalue weighted by Gasteiger charge is -2.08. The number of aromatic nitrogens is 4. The number of nitrogens with two attached hydrogens (primary N) is 1. The molecule has 0 saturated heterocycles. The molecule has 0 saturated carbocycles. The third kappa shape index (κ3) is 2.00. The van der Waals surface area contributed by atoms with Crippen LogP contribution in [-0.4, -0.2) is 31.7 Å².